The highest BCUT2D eigenvalue weighted by Crippen LogP contribution is 2.28. The molecule has 0 bridgehead atoms. The van der Waals surface area contributed by atoms with Crippen molar-refractivity contribution in [1.29, 1.82) is 0 Å². The molecule has 5 nitrogen and oxygen atoms in total. The molecule has 0 saturated heterocycles. The zero-order chi connectivity index (χ0) is 19.8. The van der Waals surface area contributed by atoms with Crippen molar-refractivity contribution in [2.24, 2.45) is 0 Å². The maximum absolute atomic E-state index is 4.56. The zero-order valence-electron chi connectivity index (χ0n) is 16.2. The molecule has 0 saturated carbocycles. The second-order valence-corrected chi connectivity index (χ2v) is 8.45. The van der Waals surface area contributed by atoms with Crippen LogP contribution < -0.4 is 10.6 Å². The van der Waals surface area contributed by atoms with Crippen molar-refractivity contribution in [1.82, 2.24) is 20.5 Å². The summed E-state index contributed by atoms with van der Waals surface area (Å²) in [5.41, 5.74) is 5.78. The van der Waals surface area contributed by atoms with Crippen molar-refractivity contribution in [2.45, 2.75) is 19.9 Å². The van der Waals surface area contributed by atoms with Crippen molar-refractivity contribution in [2.75, 3.05) is 11.9 Å². The Labute approximate surface area is 173 Å². The molecule has 29 heavy (non-hydrogen) atoms. The lowest BCUT2D eigenvalue weighted by Crippen LogP contribution is -2.23. The first-order valence-corrected chi connectivity index (χ1v) is 10.5. The summed E-state index contributed by atoms with van der Waals surface area (Å²) in [4.78, 5) is 4.56. The van der Waals surface area contributed by atoms with E-state index in [4.69, 9.17) is 0 Å². The fourth-order valence-electron chi connectivity index (χ4n) is 3.65. The van der Waals surface area contributed by atoms with Gasteiger partial charge in [0.25, 0.3) is 0 Å². The van der Waals surface area contributed by atoms with Crippen LogP contribution in [0.15, 0.2) is 55.2 Å². The lowest BCUT2D eigenvalue weighted by Gasteiger charge is -2.19. The third kappa shape index (κ3) is 3.64. The third-order valence-electron chi connectivity index (χ3n) is 5.21. The van der Waals surface area contributed by atoms with Gasteiger partial charge < -0.3 is 10.6 Å². The number of rotatable bonds is 4. The Morgan fingerprint density at radius 2 is 2.00 bits per heavy atom. The second-order valence-electron chi connectivity index (χ2n) is 7.27. The van der Waals surface area contributed by atoms with Crippen LogP contribution in [0.4, 0.5) is 5.82 Å². The Balaban J connectivity index is 1.42. The van der Waals surface area contributed by atoms with Crippen LogP contribution in [0.2, 0.25) is 0 Å². The van der Waals surface area contributed by atoms with E-state index in [1.807, 2.05) is 13.1 Å². The first kappa shape index (κ1) is 18.0. The van der Waals surface area contributed by atoms with E-state index in [1.165, 1.54) is 11.1 Å². The summed E-state index contributed by atoms with van der Waals surface area (Å²) in [6.07, 6.45) is 2.97. The van der Waals surface area contributed by atoms with E-state index in [9.17, 15) is 0 Å². The van der Waals surface area contributed by atoms with Gasteiger partial charge in [-0.15, -0.1) is 10.2 Å². The first-order valence-electron chi connectivity index (χ1n) is 9.65. The fourth-order valence-corrected chi connectivity index (χ4v) is 4.34. The van der Waals surface area contributed by atoms with E-state index in [2.05, 4.69) is 74.9 Å². The predicted octanol–water partition coefficient (Wildman–Crippen LogP) is 4.79. The largest absolute Gasteiger partial charge is 0.340 e. The van der Waals surface area contributed by atoms with Crippen molar-refractivity contribution in [3.8, 4) is 10.6 Å². The van der Waals surface area contributed by atoms with Gasteiger partial charge in [-0.05, 0) is 60.2 Å². The number of nitrogens with zero attached hydrogens (tertiary/aromatic N) is 3. The van der Waals surface area contributed by atoms with Gasteiger partial charge in [-0.2, -0.15) is 0 Å². The molecular formula is C23H21N5S. The quantitative estimate of drug-likeness (QED) is 0.517. The summed E-state index contributed by atoms with van der Waals surface area (Å²) in [5.74, 6) is 0.781. The van der Waals surface area contributed by atoms with Crippen LogP contribution >= 0.6 is 11.3 Å². The number of aryl methyl sites for hydroxylation is 1. The molecule has 4 aromatic rings. The average Bonchev–Trinajstić information content (AvgIpc) is 3.19. The number of nitrogens with one attached hydrogen (secondary N) is 2. The minimum atomic E-state index is 0.781. The van der Waals surface area contributed by atoms with Crippen LogP contribution in [0.1, 0.15) is 21.7 Å². The van der Waals surface area contributed by atoms with Crippen LogP contribution in [0, 0.1) is 6.92 Å². The Kier molecular flexibility index (Phi) is 4.58. The van der Waals surface area contributed by atoms with Crippen LogP contribution in [-0.4, -0.2) is 21.7 Å². The molecule has 5 rings (SSSR count). The van der Waals surface area contributed by atoms with Gasteiger partial charge in [0.1, 0.15) is 15.8 Å². The molecule has 3 heterocycles. The van der Waals surface area contributed by atoms with E-state index in [0.29, 0.717) is 0 Å². The standard InChI is InChI=1S/C23H21N5S/c1-14(17-4-3-16-7-8-24-12-21(16)9-17)26-22-11-20-10-18(5-6-19(20)13-25-22)23-28-27-15(2)29-23/h3-6,9-11,13,24H,1,7-8,12H2,2H3,(H,25,26). The molecule has 1 aliphatic heterocycles. The van der Waals surface area contributed by atoms with Crippen LogP contribution in [-0.2, 0) is 13.0 Å². The summed E-state index contributed by atoms with van der Waals surface area (Å²) in [5, 5.41) is 19.3. The molecule has 0 atom stereocenters. The Morgan fingerprint density at radius 3 is 2.86 bits per heavy atom. The van der Waals surface area contributed by atoms with Gasteiger partial charge in [-0.1, -0.05) is 42.2 Å². The molecule has 0 spiro atoms. The molecule has 2 N–H and O–H groups in total. The second kappa shape index (κ2) is 7.39. The van der Waals surface area contributed by atoms with Crippen molar-refractivity contribution in [3.05, 3.63) is 76.9 Å². The van der Waals surface area contributed by atoms with E-state index in [0.717, 1.165) is 62.9 Å². The van der Waals surface area contributed by atoms with Gasteiger partial charge in [0, 0.05) is 29.4 Å². The molecule has 0 amide bonds. The SMILES string of the molecule is C=C(Nc1cc2cc(-c3nnc(C)s3)ccc2cn1)c1ccc2c(c1)CNCC2. The van der Waals surface area contributed by atoms with E-state index in [-0.39, 0.29) is 0 Å². The number of benzene rings is 2. The minimum Gasteiger partial charge on any atom is -0.340 e. The summed E-state index contributed by atoms with van der Waals surface area (Å²) >= 11 is 1.60. The number of aromatic nitrogens is 3. The molecule has 0 aliphatic carbocycles. The highest BCUT2D eigenvalue weighted by Gasteiger charge is 2.11. The predicted molar refractivity (Wildman–Crippen MR) is 120 cm³/mol. The highest BCUT2D eigenvalue weighted by atomic mass is 32.1. The summed E-state index contributed by atoms with van der Waals surface area (Å²) in [6.45, 7) is 8.16. The number of hydrogen-bond acceptors (Lipinski definition) is 6. The van der Waals surface area contributed by atoms with E-state index < -0.39 is 0 Å². The van der Waals surface area contributed by atoms with Gasteiger partial charge in [-0.3, -0.25) is 0 Å². The van der Waals surface area contributed by atoms with Crippen molar-refractivity contribution in [3.63, 3.8) is 0 Å². The monoisotopic (exact) mass is 399 g/mol. The van der Waals surface area contributed by atoms with Crippen molar-refractivity contribution < 1.29 is 0 Å². The van der Waals surface area contributed by atoms with Gasteiger partial charge in [-0.25, -0.2) is 4.98 Å². The maximum Gasteiger partial charge on any atom is 0.147 e. The topological polar surface area (TPSA) is 62.7 Å². The van der Waals surface area contributed by atoms with Gasteiger partial charge >= 0.3 is 0 Å². The highest BCUT2D eigenvalue weighted by molar-refractivity contribution is 7.14. The number of anilines is 1. The summed E-state index contributed by atoms with van der Waals surface area (Å²) in [6, 6.07) is 14.9. The van der Waals surface area contributed by atoms with Gasteiger partial charge in [0.15, 0.2) is 0 Å². The van der Waals surface area contributed by atoms with E-state index in [1.54, 1.807) is 11.3 Å². The fraction of sp³-hybridized carbons (Fsp3) is 0.174. The van der Waals surface area contributed by atoms with Gasteiger partial charge in [0.05, 0.1) is 0 Å². The molecule has 144 valence electrons. The molecule has 0 fully saturated rings. The van der Waals surface area contributed by atoms with Crippen molar-refractivity contribution >= 4 is 33.6 Å². The molecule has 0 unspecified atom stereocenters. The van der Waals surface area contributed by atoms with Crippen LogP contribution in [0.3, 0.4) is 0 Å². The molecule has 2 aromatic carbocycles. The Morgan fingerprint density at radius 1 is 1.07 bits per heavy atom. The Bertz CT molecular complexity index is 1230. The normalized spacial score (nSPS) is 13.3. The zero-order valence-corrected chi connectivity index (χ0v) is 17.0. The lowest BCUT2D eigenvalue weighted by molar-refractivity contribution is 0.643. The Hall–Kier alpha value is -3.09. The summed E-state index contributed by atoms with van der Waals surface area (Å²) in [7, 11) is 0. The number of hydrogen-bond donors (Lipinski definition) is 2. The molecule has 6 heteroatoms. The molecular weight excluding hydrogens is 378 g/mol. The van der Waals surface area contributed by atoms with Crippen LogP contribution in [0.5, 0.6) is 0 Å². The number of pyridine rings is 1. The summed E-state index contributed by atoms with van der Waals surface area (Å²) < 4.78 is 0. The minimum absolute atomic E-state index is 0.781. The van der Waals surface area contributed by atoms with Gasteiger partial charge in [0.2, 0.25) is 0 Å². The molecule has 0 radical (unpaired) electrons. The average molecular weight is 400 g/mol. The van der Waals surface area contributed by atoms with E-state index >= 15 is 0 Å². The van der Waals surface area contributed by atoms with Crippen LogP contribution in [0.25, 0.3) is 27.0 Å². The third-order valence-corrected chi connectivity index (χ3v) is 6.10. The molecule has 2 aromatic heterocycles. The smallest absolute Gasteiger partial charge is 0.147 e. The lowest BCUT2D eigenvalue weighted by atomic mass is 9.97. The molecule has 1 aliphatic rings. The first-order chi connectivity index (χ1) is 14.2. The number of fused-ring (bicyclic) bond motifs is 2. The maximum atomic E-state index is 4.56.